The van der Waals surface area contributed by atoms with Crippen LogP contribution in [0, 0.1) is 0 Å². The van der Waals surface area contributed by atoms with Crippen LogP contribution in [0.25, 0.3) is 0 Å². The molecule has 0 spiro atoms. The topological polar surface area (TPSA) is 80.3 Å². The third-order valence-corrected chi connectivity index (χ3v) is 14.1. The van der Waals surface area contributed by atoms with Crippen molar-refractivity contribution in [1.82, 2.24) is 0 Å². The molecule has 1 unspecified atom stereocenters. The highest BCUT2D eigenvalue weighted by Crippen LogP contribution is 2.22. The molecular formula is C13H32O7Si4. The van der Waals surface area contributed by atoms with E-state index in [2.05, 4.69) is 19.6 Å². The van der Waals surface area contributed by atoms with Crippen molar-refractivity contribution in [1.29, 1.82) is 0 Å². The Balaban J connectivity index is 4.42. The predicted octanol–water partition coefficient (Wildman–Crippen LogP) is 2.24. The third kappa shape index (κ3) is 9.46. The van der Waals surface area contributed by atoms with Crippen molar-refractivity contribution in [2.75, 3.05) is 21.3 Å². The fourth-order valence-electron chi connectivity index (χ4n) is 2.43. The number of Topliss-reactive ketones (excluding diaryl/α,β-unsaturated/α-hetero) is 1. The highest BCUT2D eigenvalue weighted by molar-refractivity contribution is 6.83. The van der Waals surface area contributed by atoms with E-state index in [1.165, 1.54) is 0 Å². The van der Waals surface area contributed by atoms with Crippen LogP contribution in [-0.4, -0.2) is 62.4 Å². The SMILES string of the molecule is CO[Si](CCCC(=O)CC[Si](C)(O[SiH]=O)O[Si](C)(C)C)(OC)OC. The summed E-state index contributed by atoms with van der Waals surface area (Å²) >= 11 is 0. The lowest BCUT2D eigenvalue weighted by Gasteiger charge is -2.32. The molecule has 0 amide bonds. The van der Waals surface area contributed by atoms with Gasteiger partial charge in [0.2, 0.25) is 0 Å². The minimum Gasteiger partial charge on any atom is -0.561 e. The van der Waals surface area contributed by atoms with Gasteiger partial charge < -0.3 is 26.0 Å². The summed E-state index contributed by atoms with van der Waals surface area (Å²) in [6.07, 6.45) is 1.47. The van der Waals surface area contributed by atoms with Crippen molar-refractivity contribution in [2.24, 2.45) is 0 Å². The number of hydrogen-bond acceptors (Lipinski definition) is 7. The van der Waals surface area contributed by atoms with Gasteiger partial charge in [-0.1, -0.05) is 0 Å². The lowest BCUT2D eigenvalue weighted by Crippen LogP contribution is -2.47. The van der Waals surface area contributed by atoms with E-state index in [4.69, 9.17) is 21.5 Å². The Morgan fingerprint density at radius 1 is 0.917 bits per heavy atom. The van der Waals surface area contributed by atoms with Crippen LogP contribution < -0.4 is 0 Å². The second kappa shape index (κ2) is 10.9. The predicted molar refractivity (Wildman–Crippen MR) is 100 cm³/mol. The molecule has 0 aromatic heterocycles. The van der Waals surface area contributed by atoms with Crippen LogP contribution in [0.3, 0.4) is 0 Å². The average molecular weight is 413 g/mol. The zero-order chi connectivity index (χ0) is 18.9. The van der Waals surface area contributed by atoms with Gasteiger partial charge in [0.25, 0.3) is 0 Å². The van der Waals surface area contributed by atoms with E-state index < -0.39 is 35.3 Å². The summed E-state index contributed by atoms with van der Waals surface area (Å²) in [5.74, 6) is 0.142. The van der Waals surface area contributed by atoms with Gasteiger partial charge in [-0.25, -0.2) is 0 Å². The van der Waals surface area contributed by atoms with Gasteiger partial charge in [0.15, 0.2) is 8.32 Å². The lowest BCUT2D eigenvalue weighted by molar-refractivity contribution is -0.118. The van der Waals surface area contributed by atoms with Crippen LogP contribution in [0.4, 0.5) is 0 Å². The summed E-state index contributed by atoms with van der Waals surface area (Å²) in [6.45, 7) is 8.08. The van der Waals surface area contributed by atoms with E-state index in [1.54, 1.807) is 21.3 Å². The molecule has 0 heterocycles. The van der Waals surface area contributed by atoms with Gasteiger partial charge in [0.05, 0.1) is 0 Å². The molecule has 0 saturated carbocycles. The quantitative estimate of drug-likeness (QED) is 0.405. The molecule has 0 aromatic carbocycles. The van der Waals surface area contributed by atoms with Crippen molar-refractivity contribution >= 4 is 41.1 Å². The molecule has 0 radical (unpaired) electrons. The molecule has 0 bridgehead atoms. The minimum atomic E-state index is -2.61. The number of rotatable bonds is 14. The number of carbonyl (C=O) groups excluding carboxylic acids is 1. The summed E-state index contributed by atoms with van der Waals surface area (Å²) in [6, 6.07) is 1.14. The Morgan fingerprint density at radius 2 is 1.46 bits per heavy atom. The average Bonchev–Trinajstić information content (AvgIpc) is 2.49. The molecule has 24 heavy (non-hydrogen) atoms. The van der Waals surface area contributed by atoms with Crippen LogP contribution in [0.15, 0.2) is 0 Å². The first-order valence-electron chi connectivity index (χ1n) is 8.04. The van der Waals surface area contributed by atoms with E-state index in [9.17, 15) is 9.26 Å². The Morgan fingerprint density at radius 3 is 1.88 bits per heavy atom. The van der Waals surface area contributed by atoms with Crippen molar-refractivity contribution in [3.05, 3.63) is 0 Å². The molecule has 0 aliphatic heterocycles. The summed E-state index contributed by atoms with van der Waals surface area (Å²) in [5, 5.41) is 0. The molecule has 11 heteroatoms. The van der Waals surface area contributed by atoms with Crippen LogP contribution >= 0.6 is 0 Å². The molecular weight excluding hydrogens is 380 g/mol. The van der Waals surface area contributed by atoms with E-state index in [1.807, 2.05) is 6.55 Å². The smallest absolute Gasteiger partial charge is 0.500 e. The van der Waals surface area contributed by atoms with Gasteiger partial charge in [-0.2, -0.15) is 0 Å². The zero-order valence-corrected chi connectivity index (χ0v) is 20.1. The Kier molecular flexibility index (Phi) is 10.8. The van der Waals surface area contributed by atoms with Crippen LogP contribution in [0.2, 0.25) is 38.3 Å². The summed E-state index contributed by atoms with van der Waals surface area (Å²) < 4.78 is 38.5. The highest BCUT2D eigenvalue weighted by atomic mass is 28.5. The molecule has 0 rings (SSSR count). The maximum atomic E-state index is 12.2. The van der Waals surface area contributed by atoms with Crippen LogP contribution in [0.1, 0.15) is 19.3 Å². The molecule has 0 aliphatic rings. The minimum absolute atomic E-state index is 0.142. The summed E-state index contributed by atoms with van der Waals surface area (Å²) in [7, 11) is -3.60. The molecule has 7 nitrogen and oxygen atoms in total. The van der Waals surface area contributed by atoms with Gasteiger partial charge in [0.1, 0.15) is 5.78 Å². The standard InChI is InChI=1S/C13H32O7Si4/c1-16-24(17-2,18-3)11-8-9-13(14)10-12-23(7,19-21-15)20-22(4,5)6/h21H,8-12H2,1-7H3. The van der Waals surface area contributed by atoms with Gasteiger partial charge >= 0.3 is 27.0 Å². The molecule has 0 saturated heterocycles. The summed E-state index contributed by atoms with van der Waals surface area (Å²) in [5.41, 5.74) is 0. The monoisotopic (exact) mass is 412 g/mol. The maximum absolute atomic E-state index is 12.2. The van der Waals surface area contributed by atoms with E-state index in [-0.39, 0.29) is 5.78 Å². The first kappa shape index (κ1) is 24.0. The Labute approximate surface area is 151 Å². The fraction of sp³-hybridized carbons (Fsp3) is 0.923. The molecule has 0 N–H and O–H groups in total. The highest BCUT2D eigenvalue weighted by Gasteiger charge is 2.39. The molecule has 1 atom stereocenters. The Hall–Kier alpha value is -0.0225. The van der Waals surface area contributed by atoms with E-state index in [0.29, 0.717) is 31.4 Å². The largest absolute Gasteiger partial charge is 0.561 e. The first-order valence-corrected chi connectivity index (χ1v) is 16.8. The number of hydrogen-bond donors (Lipinski definition) is 0. The first-order chi connectivity index (χ1) is 11.1. The van der Waals surface area contributed by atoms with E-state index in [0.717, 1.165) is 0 Å². The number of carbonyl (C=O) groups is 1. The maximum Gasteiger partial charge on any atom is 0.500 e. The second-order valence-electron chi connectivity index (χ2n) is 6.75. The second-order valence-corrected chi connectivity index (χ2v) is 18.8. The van der Waals surface area contributed by atoms with Gasteiger partial charge in [-0.15, -0.1) is 0 Å². The van der Waals surface area contributed by atoms with Crippen molar-refractivity contribution in [3.8, 4) is 0 Å². The zero-order valence-electron chi connectivity index (χ0n) is 16.0. The summed E-state index contributed by atoms with van der Waals surface area (Å²) in [4.78, 5) is 12.2. The molecule has 0 aromatic rings. The van der Waals surface area contributed by atoms with Crippen molar-refractivity contribution in [3.63, 3.8) is 0 Å². The van der Waals surface area contributed by atoms with Crippen molar-refractivity contribution in [2.45, 2.75) is 57.5 Å². The molecule has 0 aliphatic carbocycles. The van der Waals surface area contributed by atoms with Crippen molar-refractivity contribution < 1.29 is 30.8 Å². The normalized spacial score (nSPS) is 15.0. The molecule has 0 fully saturated rings. The van der Waals surface area contributed by atoms with Crippen LogP contribution in [-0.2, 0) is 30.8 Å². The molecule has 142 valence electrons. The van der Waals surface area contributed by atoms with Crippen LogP contribution in [0.5, 0.6) is 0 Å². The fourth-order valence-corrected chi connectivity index (χ4v) is 12.4. The van der Waals surface area contributed by atoms with Gasteiger partial charge in [-0.3, -0.25) is 4.79 Å². The van der Waals surface area contributed by atoms with Gasteiger partial charge in [-0.05, 0) is 32.6 Å². The van der Waals surface area contributed by atoms with E-state index >= 15 is 0 Å². The number of ketones is 1. The Bertz CT molecular complexity index is 390. The van der Waals surface area contributed by atoms with Gasteiger partial charge in [0, 0.05) is 46.3 Å². The third-order valence-electron chi connectivity index (χ3n) is 3.55. The lowest BCUT2D eigenvalue weighted by atomic mass is 10.2.